The molecule has 0 bridgehead atoms. The Bertz CT molecular complexity index is 450. The van der Waals surface area contributed by atoms with Gasteiger partial charge in [-0.25, -0.2) is 4.79 Å². The van der Waals surface area contributed by atoms with Crippen molar-refractivity contribution in [2.75, 3.05) is 27.7 Å². The molecule has 0 heterocycles. The molecule has 1 rings (SSSR count). The maximum Gasteiger partial charge on any atom is 0.407 e. The number of carbonyl (C=O) groups excluding carboxylic acids is 1. The first-order valence-corrected chi connectivity index (χ1v) is 7.00. The van der Waals surface area contributed by atoms with Crippen molar-refractivity contribution in [3.05, 3.63) is 29.8 Å². The molecule has 118 valence electrons. The third-order valence-corrected chi connectivity index (χ3v) is 2.96. The summed E-state index contributed by atoms with van der Waals surface area (Å²) in [5.41, 5.74) is 0.620. The van der Waals surface area contributed by atoms with Crippen molar-refractivity contribution in [2.45, 2.75) is 32.4 Å². The summed E-state index contributed by atoms with van der Waals surface area (Å²) in [4.78, 5) is 13.8. The van der Waals surface area contributed by atoms with Crippen molar-refractivity contribution < 1.29 is 14.3 Å². The lowest BCUT2D eigenvalue weighted by Crippen LogP contribution is -2.38. The molecule has 0 aromatic heterocycles. The largest absolute Gasteiger partial charge is 0.497 e. The van der Waals surface area contributed by atoms with Crippen molar-refractivity contribution in [1.82, 2.24) is 10.2 Å². The van der Waals surface area contributed by atoms with Gasteiger partial charge in [0.05, 0.1) is 13.2 Å². The van der Waals surface area contributed by atoms with E-state index in [0.717, 1.165) is 11.3 Å². The topological polar surface area (TPSA) is 50.8 Å². The van der Waals surface area contributed by atoms with E-state index in [4.69, 9.17) is 9.47 Å². The van der Waals surface area contributed by atoms with E-state index in [1.54, 1.807) is 7.11 Å². The summed E-state index contributed by atoms with van der Waals surface area (Å²) in [5, 5.41) is 2.81. The Labute approximate surface area is 127 Å². The van der Waals surface area contributed by atoms with E-state index in [1.165, 1.54) is 0 Å². The standard InChI is InChI=1S/C16H26N2O3/c1-16(2,3)21-15(19)17-11-14(18(4)5)12-7-9-13(20-6)10-8-12/h7-10,14H,11H2,1-6H3,(H,17,19). The van der Waals surface area contributed by atoms with Crippen LogP contribution in [0.3, 0.4) is 0 Å². The molecular formula is C16H26N2O3. The maximum absolute atomic E-state index is 11.7. The van der Waals surface area contributed by atoms with Gasteiger partial charge in [0.15, 0.2) is 0 Å². The third kappa shape index (κ3) is 6.04. The minimum atomic E-state index is -0.488. The van der Waals surface area contributed by atoms with E-state index in [-0.39, 0.29) is 6.04 Å². The van der Waals surface area contributed by atoms with Crippen molar-refractivity contribution in [1.29, 1.82) is 0 Å². The number of amides is 1. The molecule has 0 aliphatic carbocycles. The monoisotopic (exact) mass is 294 g/mol. The lowest BCUT2D eigenvalue weighted by Gasteiger charge is -2.26. The summed E-state index contributed by atoms with van der Waals surface area (Å²) >= 11 is 0. The Balaban J connectivity index is 2.67. The Kier molecular flexibility index (Phi) is 6.03. The van der Waals surface area contributed by atoms with Gasteiger partial charge in [-0.1, -0.05) is 12.1 Å². The Morgan fingerprint density at radius 1 is 1.24 bits per heavy atom. The highest BCUT2D eigenvalue weighted by atomic mass is 16.6. The van der Waals surface area contributed by atoms with Crippen LogP contribution in [0.1, 0.15) is 32.4 Å². The number of nitrogens with zero attached hydrogens (tertiary/aromatic N) is 1. The molecule has 1 aromatic carbocycles. The number of rotatable bonds is 5. The molecule has 1 aromatic rings. The molecule has 0 radical (unpaired) electrons. The molecule has 5 nitrogen and oxygen atoms in total. The molecule has 0 spiro atoms. The molecule has 0 saturated carbocycles. The maximum atomic E-state index is 11.7. The number of methoxy groups -OCH3 is 1. The van der Waals surface area contributed by atoms with E-state index in [1.807, 2.05) is 59.1 Å². The summed E-state index contributed by atoms with van der Waals surface area (Å²) in [6.07, 6.45) is -0.400. The first kappa shape index (κ1) is 17.3. The Morgan fingerprint density at radius 3 is 2.24 bits per heavy atom. The molecule has 21 heavy (non-hydrogen) atoms. The number of likely N-dealkylation sites (N-methyl/N-ethyl adjacent to an activating group) is 1. The van der Waals surface area contributed by atoms with E-state index in [9.17, 15) is 4.79 Å². The number of ether oxygens (including phenoxy) is 2. The van der Waals surface area contributed by atoms with Crippen LogP contribution in [0, 0.1) is 0 Å². The lowest BCUT2D eigenvalue weighted by atomic mass is 10.1. The highest BCUT2D eigenvalue weighted by molar-refractivity contribution is 5.67. The van der Waals surface area contributed by atoms with Crippen molar-refractivity contribution >= 4 is 6.09 Å². The van der Waals surface area contributed by atoms with E-state index < -0.39 is 11.7 Å². The second-order valence-electron chi connectivity index (χ2n) is 6.14. The minimum absolute atomic E-state index is 0.0726. The molecule has 0 saturated heterocycles. The van der Waals surface area contributed by atoms with Crippen LogP contribution in [0.25, 0.3) is 0 Å². The quantitative estimate of drug-likeness (QED) is 0.907. The third-order valence-electron chi connectivity index (χ3n) is 2.96. The van der Waals surface area contributed by atoms with Crippen LogP contribution in [-0.2, 0) is 4.74 Å². The van der Waals surface area contributed by atoms with Gasteiger partial charge >= 0.3 is 6.09 Å². The zero-order valence-corrected chi connectivity index (χ0v) is 13.8. The van der Waals surface area contributed by atoms with E-state index in [2.05, 4.69) is 10.2 Å². The smallest absolute Gasteiger partial charge is 0.407 e. The highest BCUT2D eigenvalue weighted by Gasteiger charge is 2.19. The zero-order chi connectivity index (χ0) is 16.0. The highest BCUT2D eigenvalue weighted by Crippen LogP contribution is 2.20. The summed E-state index contributed by atoms with van der Waals surface area (Å²) in [6, 6.07) is 7.91. The molecule has 0 aliphatic heterocycles. The van der Waals surface area contributed by atoms with Crippen molar-refractivity contribution in [3.8, 4) is 5.75 Å². The molecular weight excluding hydrogens is 268 g/mol. The molecule has 1 N–H and O–H groups in total. The fourth-order valence-electron chi connectivity index (χ4n) is 1.92. The molecule has 1 atom stereocenters. The normalized spacial score (nSPS) is 12.9. The number of benzene rings is 1. The van der Waals surface area contributed by atoms with Crippen molar-refractivity contribution in [3.63, 3.8) is 0 Å². The molecule has 0 fully saturated rings. The SMILES string of the molecule is COc1ccc(C(CNC(=O)OC(C)(C)C)N(C)C)cc1. The van der Waals surface area contributed by atoms with E-state index >= 15 is 0 Å². The van der Waals surface area contributed by atoms with Crippen molar-refractivity contribution in [2.24, 2.45) is 0 Å². The fraction of sp³-hybridized carbons (Fsp3) is 0.562. The van der Waals surface area contributed by atoms with Gasteiger partial charge in [-0.2, -0.15) is 0 Å². The van der Waals surface area contributed by atoms with E-state index in [0.29, 0.717) is 6.54 Å². The minimum Gasteiger partial charge on any atom is -0.497 e. The molecule has 5 heteroatoms. The van der Waals surface area contributed by atoms with Crippen LogP contribution in [0.2, 0.25) is 0 Å². The number of alkyl carbamates (subject to hydrolysis) is 1. The Morgan fingerprint density at radius 2 is 1.81 bits per heavy atom. The zero-order valence-electron chi connectivity index (χ0n) is 13.8. The molecule has 0 aliphatic rings. The summed E-state index contributed by atoms with van der Waals surface area (Å²) in [6.45, 7) is 6.02. The molecule has 1 amide bonds. The molecule has 1 unspecified atom stereocenters. The number of hydrogen-bond donors (Lipinski definition) is 1. The van der Waals surface area contributed by atoms with Gasteiger partial charge < -0.3 is 19.7 Å². The van der Waals surface area contributed by atoms with Gasteiger partial charge in [0, 0.05) is 6.54 Å². The van der Waals surface area contributed by atoms with Crippen LogP contribution in [-0.4, -0.2) is 44.3 Å². The lowest BCUT2D eigenvalue weighted by molar-refractivity contribution is 0.0514. The second-order valence-corrected chi connectivity index (χ2v) is 6.14. The van der Waals surface area contributed by atoms with Gasteiger partial charge in [-0.3, -0.25) is 0 Å². The van der Waals surface area contributed by atoms with Gasteiger partial charge in [-0.15, -0.1) is 0 Å². The van der Waals surface area contributed by atoms with Gasteiger partial charge in [0.2, 0.25) is 0 Å². The van der Waals surface area contributed by atoms with Crippen LogP contribution < -0.4 is 10.1 Å². The number of carbonyl (C=O) groups is 1. The number of nitrogens with one attached hydrogen (secondary N) is 1. The summed E-state index contributed by atoms with van der Waals surface area (Å²) in [7, 11) is 5.60. The first-order valence-electron chi connectivity index (χ1n) is 7.00. The predicted octanol–water partition coefficient (Wildman–Crippen LogP) is 2.82. The average Bonchev–Trinajstić information content (AvgIpc) is 2.37. The van der Waals surface area contributed by atoms with Crippen LogP contribution in [0.4, 0.5) is 4.79 Å². The van der Waals surface area contributed by atoms with Crippen LogP contribution >= 0.6 is 0 Å². The number of hydrogen-bond acceptors (Lipinski definition) is 4. The van der Waals surface area contributed by atoms with Crippen LogP contribution in [0.15, 0.2) is 24.3 Å². The predicted molar refractivity (Wildman–Crippen MR) is 83.7 cm³/mol. The van der Waals surface area contributed by atoms with Gasteiger partial charge in [0.25, 0.3) is 0 Å². The van der Waals surface area contributed by atoms with Gasteiger partial charge in [0.1, 0.15) is 11.4 Å². The Hall–Kier alpha value is -1.75. The average molecular weight is 294 g/mol. The van der Waals surface area contributed by atoms with Crippen LogP contribution in [0.5, 0.6) is 5.75 Å². The van der Waals surface area contributed by atoms with Gasteiger partial charge in [-0.05, 0) is 52.6 Å². The summed E-state index contributed by atoms with van der Waals surface area (Å²) in [5.74, 6) is 0.816. The summed E-state index contributed by atoms with van der Waals surface area (Å²) < 4.78 is 10.4. The fourth-order valence-corrected chi connectivity index (χ4v) is 1.92. The second kappa shape index (κ2) is 7.31. The first-order chi connectivity index (χ1) is 9.73.